The van der Waals surface area contributed by atoms with Crippen LogP contribution < -0.4 is 14.2 Å². The van der Waals surface area contributed by atoms with E-state index in [0.29, 0.717) is 23.9 Å². The summed E-state index contributed by atoms with van der Waals surface area (Å²) in [6.07, 6.45) is 0. The molecule has 0 bridgehead atoms. The van der Waals surface area contributed by atoms with Crippen LogP contribution in [0.5, 0.6) is 28.7 Å². The maximum atomic E-state index is 9.85. The summed E-state index contributed by atoms with van der Waals surface area (Å²) in [7, 11) is 1.60. The second kappa shape index (κ2) is 6.00. The first-order valence-electron chi connectivity index (χ1n) is 6.01. The summed E-state index contributed by atoms with van der Waals surface area (Å²) in [5.74, 6) is 2.22. The number of methoxy groups -OCH3 is 1. The first-order valence-corrected chi connectivity index (χ1v) is 6.01. The fraction of sp³-hybridized carbons (Fsp3) is 0.200. The lowest BCUT2D eigenvalue weighted by Crippen LogP contribution is -1.95. The Balaban J connectivity index is 2.26. The van der Waals surface area contributed by atoms with Crippen molar-refractivity contribution in [2.75, 3.05) is 13.7 Å². The molecule has 2 aromatic rings. The van der Waals surface area contributed by atoms with Gasteiger partial charge in [0.1, 0.15) is 11.5 Å². The predicted octanol–water partition coefficient (Wildman–Crippen LogP) is 3.59. The summed E-state index contributed by atoms with van der Waals surface area (Å²) in [6.45, 7) is 2.38. The minimum atomic E-state index is 0.0433. The highest BCUT2D eigenvalue weighted by Gasteiger charge is 2.11. The minimum absolute atomic E-state index is 0.0433. The van der Waals surface area contributed by atoms with E-state index in [2.05, 4.69) is 0 Å². The number of phenolic OH excluding ortho intramolecular Hbond substituents is 1. The molecule has 0 atom stereocenters. The molecule has 0 saturated heterocycles. The van der Waals surface area contributed by atoms with Crippen LogP contribution in [0.15, 0.2) is 42.5 Å². The quantitative estimate of drug-likeness (QED) is 0.892. The molecule has 2 aromatic carbocycles. The van der Waals surface area contributed by atoms with Crippen molar-refractivity contribution in [3.05, 3.63) is 42.5 Å². The molecule has 0 radical (unpaired) electrons. The van der Waals surface area contributed by atoms with Gasteiger partial charge in [0, 0.05) is 0 Å². The van der Waals surface area contributed by atoms with Crippen LogP contribution >= 0.6 is 0 Å². The molecular formula is C15H16O4. The molecule has 0 heterocycles. The normalized spacial score (nSPS) is 10.0. The van der Waals surface area contributed by atoms with Crippen LogP contribution in [0.2, 0.25) is 0 Å². The van der Waals surface area contributed by atoms with Gasteiger partial charge in [0.05, 0.1) is 13.7 Å². The Morgan fingerprint density at radius 2 is 1.68 bits per heavy atom. The summed E-state index contributed by atoms with van der Waals surface area (Å²) in [4.78, 5) is 0. The Hall–Kier alpha value is -2.36. The molecule has 19 heavy (non-hydrogen) atoms. The molecule has 0 amide bonds. The highest BCUT2D eigenvalue weighted by molar-refractivity contribution is 5.52. The zero-order chi connectivity index (χ0) is 13.7. The van der Waals surface area contributed by atoms with Crippen molar-refractivity contribution < 1.29 is 19.3 Å². The number of benzene rings is 2. The lowest BCUT2D eigenvalue weighted by atomic mass is 10.3. The van der Waals surface area contributed by atoms with Gasteiger partial charge < -0.3 is 19.3 Å². The van der Waals surface area contributed by atoms with Crippen LogP contribution in [0.4, 0.5) is 0 Å². The van der Waals surface area contributed by atoms with Crippen LogP contribution in [-0.2, 0) is 0 Å². The summed E-state index contributed by atoms with van der Waals surface area (Å²) in [5.41, 5.74) is 0. The molecular weight excluding hydrogens is 244 g/mol. The minimum Gasteiger partial charge on any atom is -0.504 e. The molecule has 0 fully saturated rings. The molecule has 4 nitrogen and oxygen atoms in total. The first-order chi connectivity index (χ1) is 9.24. The van der Waals surface area contributed by atoms with E-state index in [4.69, 9.17) is 14.2 Å². The van der Waals surface area contributed by atoms with Crippen molar-refractivity contribution in [1.29, 1.82) is 0 Å². The zero-order valence-electron chi connectivity index (χ0n) is 10.9. The zero-order valence-corrected chi connectivity index (χ0v) is 10.9. The number of ether oxygens (including phenoxy) is 3. The maximum absolute atomic E-state index is 9.85. The number of hydrogen-bond acceptors (Lipinski definition) is 4. The van der Waals surface area contributed by atoms with Gasteiger partial charge in [-0.1, -0.05) is 6.07 Å². The lowest BCUT2D eigenvalue weighted by Gasteiger charge is -2.13. The SMILES string of the molecule is CCOc1cccc(O)c1Oc1ccc(OC)cc1. The van der Waals surface area contributed by atoms with E-state index in [1.807, 2.05) is 6.92 Å². The Morgan fingerprint density at radius 3 is 2.32 bits per heavy atom. The maximum Gasteiger partial charge on any atom is 0.210 e. The number of aromatic hydroxyl groups is 1. The van der Waals surface area contributed by atoms with Crippen molar-refractivity contribution >= 4 is 0 Å². The largest absolute Gasteiger partial charge is 0.504 e. The van der Waals surface area contributed by atoms with Gasteiger partial charge in [-0.25, -0.2) is 0 Å². The van der Waals surface area contributed by atoms with Crippen molar-refractivity contribution in [2.45, 2.75) is 6.92 Å². The molecule has 1 N–H and O–H groups in total. The highest BCUT2D eigenvalue weighted by atomic mass is 16.5. The smallest absolute Gasteiger partial charge is 0.210 e. The number of rotatable bonds is 5. The Labute approximate surface area is 112 Å². The fourth-order valence-electron chi connectivity index (χ4n) is 1.64. The van der Waals surface area contributed by atoms with Gasteiger partial charge >= 0.3 is 0 Å². The summed E-state index contributed by atoms with van der Waals surface area (Å²) in [5, 5.41) is 9.85. The van der Waals surface area contributed by atoms with E-state index < -0.39 is 0 Å². The molecule has 0 saturated carbocycles. The molecule has 0 aliphatic carbocycles. The third-order valence-corrected chi connectivity index (χ3v) is 2.54. The molecule has 0 aliphatic rings. The van der Waals surface area contributed by atoms with Crippen molar-refractivity contribution in [3.8, 4) is 28.7 Å². The molecule has 0 aromatic heterocycles. The predicted molar refractivity (Wildman–Crippen MR) is 72.3 cm³/mol. The number of hydrogen-bond donors (Lipinski definition) is 1. The van der Waals surface area contributed by atoms with Gasteiger partial charge in [0.15, 0.2) is 11.5 Å². The standard InChI is InChI=1S/C15H16O4/c1-3-18-14-6-4-5-13(16)15(14)19-12-9-7-11(17-2)8-10-12/h4-10,16H,3H2,1-2H3. The number of phenols is 1. The van der Waals surface area contributed by atoms with Crippen LogP contribution in [0.3, 0.4) is 0 Å². The second-order valence-corrected chi connectivity index (χ2v) is 3.82. The summed E-state index contributed by atoms with van der Waals surface area (Å²) >= 11 is 0. The van der Waals surface area contributed by atoms with Crippen molar-refractivity contribution in [1.82, 2.24) is 0 Å². The van der Waals surface area contributed by atoms with E-state index in [-0.39, 0.29) is 5.75 Å². The van der Waals surface area contributed by atoms with Gasteiger partial charge in [-0.15, -0.1) is 0 Å². The van der Waals surface area contributed by atoms with E-state index in [0.717, 1.165) is 5.75 Å². The Morgan fingerprint density at radius 1 is 1.00 bits per heavy atom. The van der Waals surface area contributed by atoms with Crippen LogP contribution in [-0.4, -0.2) is 18.8 Å². The molecule has 100 valence electrons. The molecule has 4 heteroatoms. The molecule has 2 rings (SSSR count). The van der Waals surface area contributed by atoms with E-state index in [1.165, 1.54) is 0 Å². The topological polar surface area (TPSA) is 47.9 Å². The van der Waals surface area contributed by atoms with Gasteiger partial charge in [-0.3, -0.25) is 0 Å². The van der Waals surface area contributed by atoms with Gasteiger partial charge in [0.25, 0.3) is 0 Å². The van der Waals surface area contributed by atoms with Gasteiger partial charge in [-0.2, -0.15) is 0 Å². The van der Waals surface area contributed by atoms with E-state index in [1.54, 1.807) is 49.6 Å². The molecule has 0 spiro atoms. The Kier molecular flexibility index (Phi) is 4.13. The summed E-state index contributed by atoms with van der Waals surface area (Å²) in [6, 6.07) is 12.1. The monoisotopic (exact) mass is 260 g/mol. The van der Waals surface area contributed by atoms with Crippen molar-refractivity contribution in [2.24, 2.45) is 0 Å². The average molecular weight is 260 g/mol. The fourth-order valence-corrected chi connectivity index (χ4v) is 1.64. The third kappa shape index (κ3) is 3.10. The first kappa shape index (κ1) is 13.1. The van der Waals surface area contributed by atoms with Crippen LogP contribution in [0.25, 0.3) is 0 Å². The number of para-hydroxylation sites is 1. The Bertz CT molecular complexity index is 534. The van der Waals surface area contributed by atoms with Crippen LogP contribution in [0, 0.1) is 0 Å². The third-order valence-electron chi connectivity index (χ3n) is 2.54. The van der Waals surface area contributed by atoms with Gasteiger partial charge in [0.2, 0.25) is 5.75 Å². The second-order valence-electron chi connectivity index (χ2n) is 3.82. The van der Waals surface area contributed by atoms with Crippen molar-refractivity contribution in [3.63, 3.8) is 0 Å². The van der Waals surface area contributed by atoms with Gasteiger partial charge in [-0.05, 0) is 43.3 Å². The van der Waals surface area contributed by atoms with E-state index in [9.17, 15) is 5.11 Å². The highest BCUT2D eigenvalue weighted by Crippen LogP contribution is 2.39. The molecule has 0 unspecified atom stereocenters. The van der Waals surface area contributed by atoms with Crippen LogP contribution in [0.1, 0.15) is 6.92 Å². The summed E-state index contributed by atoms with van der Waals surface area (Å²) < 4.78 is 16.2. The average Bonchev–Trinajstić information content (AvgIpc) is 2.44. The molecule has 0 aliphatic heterocycles. The van der Waals surface area contributed by atoms with E-state index >= 15 is 0 Å². The lowest BCUT2D eigenvalue weighted by molar-refractivity contribution is 0.313.